The Labute approximate surface area is 143 Å². The predicted molar refractivity (Wildman–Crippen MR) is 91.6 cm³/mol. The molecule has 0 unspecified atom stereocenters. The fourth-order valence-corrected chi connectivity index (χ4v) is 3.77. The Morgan fingerprint density at radius 2 is 1.71 bits per heavy atom. The van der Waals surface area contributed by atoms with Gasteiger partial charge in [0.25, 0.3) is 0 Å². The molecule has 2 fully saturated rings. The highest BCUT2D eigenvalue weighted by molar-refractivity contribution is 6.35. The summed E-state index contributed by atoms with van der Waals surface area (Å²) in [5.41, 5.74) is 1.05. The number of nitrogens with one attached hydrogen (secondary N) is 2. The van der Waals surface area contributed by atoms with Crippen molar-refractivity contribution in [2.75, 3.05) is 19.8 Å². The van der Waals surface area contributed by atoms with Crippen molar-refractivity contribution in [3.05, 3.63) is 35.9 Å². The first-order chi connectivity index (χ1) is 11.7. The van der Waals surface area contributed by atoms with Gasteiger partial charge in [-0.05, 0) is 31.2 Å². The van der Waals surface area contributed by atoms with E-state index in [0.717, 1.165) is 38.5 Å². The van der Waals surface area contributed by atoms with Gasteiger partial charge in [0.05, 0.1) is 0 Å². The van der Waals surface area contributed by atoms with Crippen LogP contribution in [0.4, 0.5) is 0 Å². The molecule has 5 heteroatoms. The molecule has 24 heavy (non-hydrogen) atoms. The smallest absolute Gasteiger partial charge is 0.309 e. The zero-order valence-corrected chi connectivity index (χ0v) is 14.1. The van der Waals surface area contributed by atoms with E-state index in [-0.39, 0.29) is 11.5 Å². The Hall–Kier alpha value is -1.88. The highest BCUT2D eigenvalue weighted by atomic mass is 16.5. The van der Waals surface area contributed by atoms with E-state index in [1.165, 1.54) is 5.56 Å². The fraction of sp³-hybridized carbons (Fsp3) is 0.579. The van der Waals surface area contributed by atoms with Gasteiger partial charge in [0.2, 0.25) is 0 Å². The molecule has 0 aromatic heterocycles. The maximum Gasteiger partial charge on any atom is 0.309 e. The topological polar surface area (TPSA) is 67.4 Å². The molecule has 0 spiro atoms. The van der Waals surface area contributed by atoms with E-state index < -0.39 is 11.8 Å². The number of carbonyl (C=O) groups excluding carboxylic acids is 2. The van der Waals surface area contributed by atoms with Crippen molar-refractivity contribution in [2.24, 2.45) is 0 Å². The second kappa shape index (κ2) is 7.79. The minimum atomic E-state index is -0.524. The van der Waals surface area contributed by atoms with Gasteiger partial charge in [0.15, 0.2) is 0 Å². The van der Waals surface area contributed by atoms with Crippen molar-refractivity contribution in [3.63, 3.8) is 0 Å². The summed E-state index contributed by atoms with van der Waals surface area (Å²) in [4.78, 5) is 24.3. The largest absolute Gasteiger partial charge is 0.381 e. The Morgan fingerprint density at radius 1 is 1.04 bits per heavy atom. The van der Waals surface area contributed by atoms with Gasteiger partial charge in [-0.15, -0.1) is 0 Å². The number of rotatable bonds is 4. The Bertz CT molecular complexity index is 561. The van der Waals surface area contributed by atoms with Crippen LogP contribution in [0.1, 0.15) is 44.1 Å². The summed E-state index contributed by atoms with van der Waals surface area (Å²) in [6, 6.07) is 10.4. The molecule has 1 saturated heterocycles. The molecule has 1 heterocycles. The summed E-state index contributed by atoms with van der Waals surface area (Å²) >= 11 is 0. The lowest BCUT2D eigenvalue weighted by molar-refractivity contribution is -0.139. The standard InChI is InChI=1S/C19H26N2O3/c22-17(18(23)21-16-8-4-5-9-16)20-14-19(10-12-24-13-11-19)15-6-2-1-3-7-15/h1-3,6-7,16H,4-5,8-14H2,(H,20,22)(H,21,23). The molecule has 5 nitrogen and oxygen atoms in total. The van der Waals surface area contributed by atoms with Crippen molar-refractivity contribution in [2.45, 2.75) is 50.0 Å². The van der Waals surface area contributed by atoms with Crippen molar-refractivity contribution in [1.82, 2.24) is 10.6 Å². The minimum absolute atomic E-state index is 0.150. The van der Waals surface area contributed by atoms with Crippen LogP contribution in [0.2, 0.25) is 0 Å². The van der Waals surface area contributed by atoms with Gasteiger partial charge in [-0.1, -0.05) is 43.2 Å². The fourth-order valence-electron chi connectivity index (χ4n) is 3.77. The van der Waals surface area contributed by atoms with Crippen LogP contribution in [-0.4, -0.2) is 37.6 Å². The van der Waals surface area contributed by atoms with Crippen molar-refractivity contribution in [1.29, 1.82) is 0 Å². The average Bonchev–Trinajstić information content (AvgIpc) is 3.14. The van der Waals surface area contributed by atoms with Crippen LogP contribution in [0.5, 0.6) is 0 Å². The lowest BCUT2D eigenvalue weighted by atomic mass is 9.74. The molecule has 1 aliphatic carbocycles. The second-order valence-electron chi connectivity index (χ2n) is 6.90. The van der Waals surface area contributed by atoms with Crippen LogP contribution in [0, 0.1) is 0 Å². The predicted octanol–water partition coefficient (Wildman–Crippen LogP) is 1.91. The van der Waals surface area contributed by atoms with Crippen LogP contribution >= 0.6 is 0 Å². The van der Waals surface area contributed by atoms with Gasteiger partial charge in [-0.3, -0.25) is 9.59 Å². The summed E-state index contributed by atoms with van der Waals surface area (Å²) in [6.07, 6.45) is 5.91. The lowest BCUT2D eigenvalue weighted by Gasteiger charge is -2.37. The number of benzene rings is 1. The highest BCUT2D eigenvalue weighted by Gasteiger charge is 2.35. The molecular formula is C19H26N2O3. The Kier molecular flexibility index (Phi) is 5.51. The van der Waals surface area contributed by atoms with Gasteiger partial charge in [0.1, 0.15) is 0 Å². The molecule has 0 bridgehead atoms. The second-order valence-corrected chi connectivity index (χ2v) is 6.90. The SMILES string of the molecule is O=C(NCC1(c2ccccc2)CCOCC1)C(=O)NC1CCCC1. The monoisotopic (exact) mass is 330 g/mol. The molecule has 1 aliphatic heterocycles. The third-order valence-corrected chi connectivity index (χ3v) is 5.32. The van der Waals surface area contributed by atoms with Crippen LogP contribution < -0.4 is 10.6 Å². The quantitative estimate of drug-likeness (QED) is 0.829. The summed E-state index contributed by atoms with van der Waals surface area (Å²) in [5.74, 6) is -1.03. The third-order valence-electron chi connectivity index (χ3n) is 5.32. The molecule has 2 aliphatic rings. The van der Waals surface area contributed by atoms with Crippen LogP contribution in [0.3, 0.4) is 0 Å². The molecule has 1 saturated carbocycles. The van der Waals surface area contributed by atoms with Crippen LogP contribution in [0.15, 0.2) is 30.3 Å². The van der Waals surface area contributed by atoms with Crippen LogP contribution in [-0.2, 0) is 19.7 Å². The third kappa shape index (κ3) is 3.96. The molecular weight excluding hydrogens is 304 g/mol. The van der Waals surface area contributed by atoms with E-state index in [9.17, 15) is 9.59 Å². The Morgan fingerprint density at radius 3 is 2.38 bits per heavy atom. The molecule has 0 radical (unpaired) electrons. The lowest BCUT2D eigenvalue weighted by Crippen LogP contribution is -2.49. The van der Waals surface area contributed by atoms with E-state index in [1.54, 1.807) is 0 Å². The van der Waals surface area contributed by atoms with E-state index >= 15 is 0 Å². The first-order valence-corrected chi connectivity index (χ1v) is 8.92. The maximum absolute atomic E-state index is 12.2. The molecule has 1 aromatic rings. The number of amides is 2. The van der Waals surface area contributed by atoms with E-state index in [2.05, 4.69) is 22.8 Å². The van der Waals surface area contributed by atoms with Gasteiger partial charge >= 0.3 is 11.8 Å². The number of hydrogen-bond acceptors (Lipinski definition) is 3. The van der Waals surface area contributed by atoms with E-state index in [4.69, 9.17) is 4.74 Å². The molecule has 2 N–H and O–H groups in total. The van der Waals surface area contributed by atoms with Crippen molar-refractivity contribution < 1.29 is 14.3 Å². The zero-order chi connectivity index (χ0) is 16.8. The summed E-state index contributed by atoms with van der Waals surface area (Å²) in [5, 5.41) is 5.70. The van der Waals surface area contributed by atoms with Gasteiger partial charge < -0.3 is 15.4 Å². The van der Waals surface area contributed by atoms with E-state index in [1.807, 2.05) is 18.2 Å². The summed E-state index contributed by atoms with van der Waals surface area (Å²) in [6.45, 7) is 1.83. The van der Waals surface area contributed by atoms with Gasteiger partial charge in [-0.25, -0.2) is 0 Å². The molecule has 2 amide bonds. The number of carbonyl (C=O) groups is 2. The van der Waals surface area contributed by atoms with Crippen molar-refractivity contribution >= 4 is 11.8 Å². The first kappa shape index (κ1) is 17.0. The summed E-state index contributed by atoms with van der Waals surface area (Å²) in [7, 11) is 0. The number of hydrogen-bond donors (Lipinski definition) is 2. The minimum Gasteiger partial charge on any atom is -0.381 e. The first-order valence-electron chi connectivity index (χ1n) is 8.92. The molecule has 0 atom stereocenters. The van der Waals surface area contributed by atoms with Gasteiger partial charge in [0, 0.05) is 31.2 Å². The molecule has 130 valence electrons. The molecule has 1 aromatic carbocycles. The number of ether oxygens (including phenoxy) is 1. The maximum atomic E-state index is 12.2. The normalized spacial score (nSPS) is 20.5. The average molecular weight is 330 g/mol. The Balaban J connectivity index is 1.61. The van der Waals surface area contributed by atoms with Crippen LogP contribution in [0.25, 0.3) is 0 Å². The molecule has 3 rings (SSSR count). The zero-order valence-electron chi connectivity index (χ0n) is 14.1. The van der Waals surface area contributed by atoms with Crippen molar-refractivity contribution in [3.8, 4) is 0 Å². The highest BCUT2D eigenvalue weighted by Crippen LogP contribution is 2.34. The summed E-state index contributed by atoms with van der Waals surface area (Å²) < 4.78 is 5.50. The van der Waals surface area contributed by atoms with Gasteiger partial charge in [-0.2, -0.15) is 0 Å². The van der Waals surface area contributed by atoms with E-state index in [0.29, 0.717) is 19.8 Å².